The molecule has 0 unspecified atom stereocenters. The summed E-state index contributed by atoms with van der Waals surface area (Å²) in [6.07, 6.45) is 2.48. The average molecular weight is 981 g/mol. The molecule has 70 heavy (non-hydrogen) atoms. The fourth-order valence-corrected chi connectivity index (χ4v) is 6.87. The molecule has 0 heterocycles. The summed E-state index contributed by atoms with van der Waals surface area (Å²) in [6.45, 7) is 13.0. The van der Waals surface area contributed by atoms with Crippen molar-refractivity contribution in [3.63, 3.8) is 0 Å². The van der Waals surface area contributed by atoms with E-state index >= 15 is 0 Å². The Kier molecular flexibility index (Phi) is 35.9. The van der Waals surface area contributed by atoms with E-state index in [2.05, 4.69) is 103 Å². The van der Waals surface area contributed by atoms with E-state index < -0.39 is 0 Å². The summed E-state index contributed by atoms with van der Waals surface area (Å²) in [5.41, 5.74) is 7.67. The molecule has 1 N–H and O–H groups in total. The molecular weight excluding hydrogens is 901 g/mol. The topological polar surface area (TPSA) is 149 Å². The Morgan fingerprint density at radius 2 is 0.500 bits per heavy atom. The lowest BCUT2D eigenvalue weighted by molar-refractivity contribution is -0.0293. The van der Waals surface area contributed by atoms with Crippen molar-refractivity contribution in [2.75, 3.05) is 185 Å². The van der Waals surface area contributed by atoms with Crippen molar-refractivity contribution < 1.29 is 71.4 Å². The lowest BCUT2D eigenvalue weighted by Gasteiger charge is -2.20. The molecule has 390 valence electrons. The number of ether oxygens (including phenoxy) is 14. The predicted molar refractivity (Wildman–Crippen MR) is 267 cm³/mol. The molecule has 0 atom stereocenters. The predicted octanol–water partition coefficient (Wildman–Crippen LogP) is 6.05. The normalized spacial score (nSPS) is 11.4. The van der Waals surface area contributed by atoms with Crippen LogP contribution in [0.5, 0.6) is 5.75 Å². The number of aliphatic hydroxyl groups excluding tert-OH is 1. The first-order valence-electron chi connectivity index (χ1n) is 24.8. The van der Waals surface area contributed by atoms with E-state index in [4.69, 9.17) is 71.4 Å². The second kappa shape index (κ2) is 42.8. The van der Waals surface area contributed by atoms with Crippen LogP contribution in [0.15, 0.2) is 103 Å². The Labute approximate surface area is 416 Å². The summed E-state index contributed by atoms with van der Waals surface area (Å²) in [7, 11) is 0. The fourth-order valence-electron chi connectivity index (χ4n) is 6.87. The molecule has 0 aliphatic rings. The van der Waals surface area contributed by atoms with Gasteiger partial charge in [-0.3, -0.25) is 0 Å². The molecule has 0 bridgehead atoms. The van der Waals surface area contributed by atoms with Crippen molar-refractivity contribution in [3.05, 3.63) is 137 Å². The molecule has 4 rings (SSSR count). The minimum atomic E-state index is 0.0206. The largest absolute Gasteiger partial charge is 0.491 e. The quantitative estimate of drug-likeness (QED) is 0.0512. The summed E-state index contributed by atoms with van der Waals surface area (Å²) in [5.74, 6) is 0.901. The minimum Gasteiger partial charge on any atom is -0.491 e. The number of benzene rings is 4. The van der Waals surface area contributed by atoms with Crippen LogP contribution < -0.4 is 4.74 Å². The van der Waals surface area contributed by atoms with Gasteiger partial charge in [0.25, 0.3) is 0 Å². The number of hydrogen-bond acceptors (Lipinski definition) is 15. The van der Waals surface area contributed by atoms with Gasteiger partial charge in [-0.15, -0.1) is 0 Å². The maximum Gasteiger partial charge on any atom is 0.123 e. The van der Waals surface area contributed by atoms with Gasteiger partial charge >= 0.3 is 0 Å². The van der Waals surface area contributed by atoms with Gasteiger partial charge in [-0.05, 0) is 46.7 Å². The molecule has 0 aliphatic heterocycles. The molecule has 0 radical (unpaired) electrons. The van der Waals surface area contributed by atoms with Crippen LogP contribution in [0.2, 0.25) is 0 Å². The van der Waals surface area contributed by atoms with E-state index in [1.165, 1.54) is 33.4 Å². The summed E-state index contributed by atoms with van der Waals surface area (Å²) in [6, 6.07) is 36.3. The second-order valence-electron chi connectivity index (χ2n) is 15.7. The Bertz CT molecular complexity index is 1760. The smallest absolute Gasteiger partial charge is 0.123 e. The highest BCUT2D eigenvalue weighted by Gasteiger charge is 2.17. The molecule has 0 saturated heterocycles. The second-order valence-corrected chi connectivity index (χ2v) is 15.7. The van der Waals surface area contributed by atoms with E-state index in [1.807, 2.05) is 0 Å². The molecule has 0 aliphatic carbocycles. The zero-order valence-electron chi connectivity index (χ0n) is 41.4. The first-order valence-corrected chi connectivity index (χ1v) is 24.8. The summed E-state index contributed by atoms with van der Waals surface area (Å²) < 4.78 is 78.2. The highest BCUT2D eigenvalue weighted by Crippen LogP contribution is 2.32. The SMILES string of the molecule is OCCOCCOCCOCCOCCOCCOCCOCCOCCOCCOCCOCCOCCOCCOc1ccc(Cc2ccccc2)c(Cc2ccccc2)c1Cc1ccccc1. The standard InChI is InChI=1S/C55H80O15/c56-18-19-57-20-21-58-22-23-59-24-25-60-26-27-61-28-29-62-30-31-63-32-33-64-34-35-65-36-37-66-38-39-67-40-41-68-42-43-69-44-45-70-55-17-16-52(46-49-10-4-1-5-11-49)53(47-50-12-6-2-7-13-50)54(55)48-51-14-8-3-9-15-51/h1-17,56H,18-48H2. The van der Waals surface area contributed by atoms with Gasteiger partial charge in [0.05, 0.1) is 178 Å². The number of rotatable bonds is 48. The van der Waals surface area contributed by atoms with Crippen molar-refractivity contribution in [1.29, 1.82) is 0 Å². The van der Waals surface area contributed by atoms with Crippen molar-refractivity contribution >= 4 is 0 Å². The highest BCUT2D eigenvalue weighted by atomic mass is 16.6. The Morgan fingerprint density at radius 3 is 0.800 bits per heavy atom. The zero-order valence-corrected chi connectivity index (χ0v) is 41.4. The molecule has 15 nitrogen and oxygen atoms in total. The van der Waals surface area contributed by atoms with Crippen LogP contribution in [0, 0.1) is 0 Å². The summed E-state index contributed by atoms with van der Waals surface area (Å²) in [4.78, 5) is 0. The minimum absolute atomic E-state index is 0.0206. The van der Waals surface area contributed by atoms with Gasteiger partial charge in [0, 0.05) is 12.0 Å². The lowest BCUT2D eigenvalue weighted by atomic mass is 9.88. The van der Waals surface area contributed by atoms with Crippen molar-refractivity contribution in [1.82, 2.24) is 0 Å². The molecule has 0 aromatic heterocycles. The van der Waals surface area contributed by atoms with E-state index in [0.29, 0.717) is 178 Å². The van der Waals surface area contributed by atoms with Gasteiger partial charge in [0.1, 0.15) is 12.4 Å². The first-order chi connectivity index (χ1) is 34.8. The molecule has 0 saturated carbocycles. The molecule has 0 spiro atoms. The Balaban J connectivity index is 0.888. The van der Waals surface area contributed by atoms with Gasteiger partial charge in [-0.1, -0.05) is 97.1 Å². The van der Waals surface area contributed by atoms with Gasteiger partial charge in [-0.25, -0.2) is 0 Å². The van der Waals surface area contributed by atoms with Crippen LogP contribution in [0.4, 0.5) is 0 Å². The molecule has 0 fully saturated rings. The van der Waals surface area contributed by atoms with E-state index in [9.17, 15) is 0 Å². The van der Waals surface area contributed by atoms with Gasteiger partial charge < -0.3 is 71.4 Å². The third kappa shape index (κ3) is 30.1. The third-order valence-electron chi connectivity index (χ3n) is 10.4. The molecule has 15 heteroatoms. The van der Waals surface area contributed by atoms with Crippen molar-refractivity contribution in [2.24, 2.45) is 0 Å². The molecular formula is C55H80O15. The maximum absolute atomic E-state index is 8.62. The van der Waals surface area contributed by atoms with E-state index in [-0.39, 0.29) is 6.61 Å². The van der Waals surface area contributed by atoms with Crippen LogP contribution in [0.3, 0.4) is 0 Å². The van der Waals surface area contributed by atoms with Crippen LogP contribution in [-0.2, 0) is 80.8 Å². The van der Waals surface area contributed by atoms with Crippen LogP contribution in [0.25, 0.3) is 0 Å². The van der Waals surface area contributed by atoms with Gasteiger partial charge in [0.2, 0.25) is 0 Å². The Hall–Kier alpha value is -3.88. The van der Waals surface area contributed by atoms with Crippen LogP contribution >= 0.6 is 0 Å². The molecule has 0 amide bonds. The molecule has 4 aromatic rings. The zero-order chi connectivity index (χ0) is 48.9. The summed E-state index contributed by atoms with van der Waals surface area (Å²) in [5, 5.41) is 8.62. The van der Waals surface area contributed by atoms with E-state index in [1.54, 1.807) is 0 Å². The van der Waals surface area contributed by atoms with E-state index in [0.717, 1.165) is 25.0 Å². The van der Waals surface area contributed by atoms with Crippen LogP contribution in [-0.4, -0.2) is 190 Å². The number of aliphatic hydroxyl groups is 1. The highest BCUT2D eigenvalue weighted by molar-refractivity contribution is 5.51. The van der Waals surface area contributed by atoms with Gasteiger partial charge in [-0.2, -0.15) is 0 Å². The molecule has 4 aromatic carbocycles. The number of hydrogen-bond donors (Lipinski definition) is 1. The average Bonchev–Trinajstić information content (AvgIpc) is 3.39. The van der Waals surface area contributed by atoms with Crippen molar-refractivity contribution in [3.8, 4) is 5.75 Å². The monoisotopic (exact) mass is 981 g/mol. The van der Waals surface area contributed by atoms with Crippen LogP contribution in [0.1, 0.15) is 33.4 Å². The maximum atomic E-state index is 8.62. The van der Waals surface area contributed by atoms with Gasteiger partial charge in [0.15, 0.2) is 0 Å². The van der Waals surface area contributed by atoms with Crippen molar-refractivity contribution in [2.45, 2.75) is 19.3 Å². The summed E-state index contributed by atoms with van der Waals surface area (Å²) >= 11 is 0. The third-order valence-corrected chi connectivity index (χ3v) is 10.4. The fraction of sp³-hybridized carbons (Fsp3) is 0.564. The first kappa shape index (κ1) is 58.7. The Morgan fingerprint density at radius 1 is 0.243 bits per heavy atom. The lowest BCUT2D eigenvalue weighted by Crippen LogP contribution is -2.16.